The topological polar surface area (TPSA) is 46.6 Å². The van der Waals surface area contributed by atoms with Gasteiger partial charge in [-0.25, -0.2) is 0 Å². The van der Waals surface area contributed by atoms with Crippen LogP contribution in [-0.4, -0.2) is 36.2 Å². The summed E-state index contributed by atoms with van der Waals surface area (Å²) in [5.74, 6) is -0.448. The first-order valence-electron chi connectivity index (χ1n) is 9.12. The Morgan fingerprint density at radius 2 is 1.64 bits per heavy atom. The number of carbonyl (C=O) groups is 2. The molecule has 3 aromatic carbocycles. The third kappa shape index (κ3) is 5.14. The van der Waals surface area contributed by atoms with Crippen molar-refractivity contribution in [3.8, 4) is 0 Å². The SMILES string of the molecule is CC(c1ccccc1)N(C)C(=O)COC(=O)CSc1ccc2ccccc2c1. The Hall–Kier alpha value is -2.79. The van der Waals surface area contributed by atoms with E-state index < -0.39 is 5.97 Å². The normalized spacial score (nSPS) is 11.8. The molecule has 0 bridgehead atoms. The van der Waals surface area contributed by atoms with Gasteiger partial charge >= 0.3 is 5.97 Å². The molecule has 0 saturated heterocycles. The molecular weight excluding hydrogens is 370 g/mol. The molecule has 3 rings (SSSR count). The smallest absolute Gasteiger partial charge is 0.316 e. The Labute approximate surface area is 169 Å². The predicted molar refractivity (Wildman–Crippen MR) is 113 cm³/mol. The second-order valence-electron chi connectivity index (χ2n) is 6.55. The number of esters is 1. The molecule has 3 aromatic rings. The van der Waals surface area contributed by atoms with E-state index >= 15 is 0 Å². The maximum Gasteiger partial charge on any atom is 0.316 e. The molecule has 0 aliphatic heterocycles. The average molecular weight is 394 g/mol. The highest BCUT2D eigenvalue weighted by molar-refractivity contribution is 8.00. The van der Waals surface area contributed by atoms with Crippen molar-refractivity contribution in [2.75, 3.05) is 19.4 Å². The molecule has 144 valence electrons. The average Bonchev–Trinajstić information content (AvgIpc) is 2.75. The number of benzene rings is 3. The van der Waals surface area contributed by atoms with Gasteiger partial charge in [-0.15, -0.1) is 11.8 Å². The minimum atomic E-state index is -0.396. The summed E-state index contributed by atoms with van der Waals surface area (Å²) < 4.78 is 5.17. The van der Waals surface area contributed by atoms with Gasteiger partial charge in [0.2, 0.25) is 0 Å². The quantitative estimate of drug-likeness (QED) is 0.431. The molecule has 28 heavy (non-hydrogen) atoms. The lowest BCUT2D eigenvalue weighted by atomic mass is 10.1. The second-order valence-corrected chi connectivity index (χ2v) is 7.60. The van der Waals surface area contributed by atoms with Gasteiger partial charge in [-0.05, 0) is 35.4 Å². The van der Waals surface area contributed by atoms with Crippen LogP contribution in [0.25, 0.3) is 10.8 Å². The minimum Gasteiger partial charge on any atom is -0.455 e. The number of amides is 1. The van der Waals surface area contributed by atoms with E-state index in [4.69, 9.17) is 4.74 Å². The van der Waals surface area contributed by atoms with Crippen LogP contribution in [0.2, 0.25) is 0 Å². The van der Waals surface area contributed by atoms with Gasteiger partial charge in [-0.1, -0.05) is 60.7 Å². The predicted octanol–water partition coefficient (Wildman–Crippen LogP) is 4.69. The summed E-state index contributed by atoms with van der Waals surface area (Å²) in [4.78, 5) is 27.0. The molecular formula is C23H23NO3S. The third-order valence-corrected chi connectivity index (χ3v) is 5.66. The summed E-state index contributed by atoms with van der Waals surface area (Å²) in [6, 6.07) is 23.8. The number of ether oxygens (including phenoxy) is 1. The molecule has 0 aliphatic carbocycles. The number of rotatable bonds is 7. The van der Waals surface area contributed by atoms with Crippen LogP contribution >= 0.6 is 11.8 Å². The molecule has 0 aliphatic rings. The molecule has 5 heteroatoms. The lowest BCUT2D eigenvalue weighted by Crippen LogP contribution is -2.33. The number of carbonyl (C=O) groups excluding carboxylic acids is 2. The van der Waals surface area contributed by atoms with Crippen LogP contribution in [-0.2, 0) is 14.3 Å². The first-order valence-corrected chi connectivity index (χ1v) is 10.1. The number of likely N-dealkylation sites (N-methyl/N-ethyl adjacent to an activating group) is 1. The molecule has 0 fully saturated rings. The lowest BCUT2D eigenvalue weighted by molar-refractivity contribution is -0.150. The molecule has 0 saturated carbocycles. The number of hydrogen-bond acceptors (Lipinski definition) is 4. The van der Waals surface area contributed by atoms with Gasteiger partial charge in [0, 0.05) is 11.9 Å². The first-order chi connectivity index (χ1) is 13.5. The van der Waals surface area contributed by atoms with Crippen molar-refractivity contribution < 1.29 is 14.3 Å². The van der Waals surface area contributed by atoms with E-state index in [-0.39, 0.29) is 24.3 Å². The number of thioether (sulfide) groups is 1. The molecule has 1 amide bonds. The monoisotopic (exact) mass is 393 g/mol. The zero-order chi connectivity index (χ0) is 19.9. The number of fused-ring (bicyclic) bond motifs is 1. The minimum absolute atomic E-state index is 0.0839. The maximum absolute atomic E-state index is 12.3. The van der Waals surface area contributed by atoms with E-state index in [1.807, 2.05) is 73.7 Å². The summed E-state index contributed by atoms with van der Waals surface area (Å²) in [5, 5.41) is 2.29. The van der Waals surface area contributed by atoms with Crippen LogP contribution in [0.1, 0.15) is 18.5 Å². The van der Waals surface area contributed by atoms with E-state index in [2.05, 4.69) is 6.07 Å². The summed E-state index contributed by atoms with van der Waals surface area (Å²) in [6.07, 6.45) is 0. The van der Waals surface area contributed by atoms with Crippen molar-refractivity contribution in [1.29, 1.82) is 0 Å². The summed E-state index contributed by atoms with van der Waals surface area (Å²) in [7, 11) is 1.72. The van der Waals surface area contributed by atoms with Crippen LogP contribution in [0, 0.1) is 0 Å². The van der Waals surface area contributed by atoms with Crippen molar-refractivity contribution in [2.45, 2.75) is 17.9 Å². The van der Waals surface area contributed by atoms with Crippen molar-refractivity contribution in [1.82, 2.24) is 4.90 Å². The van der Waals surface area contributed by atoms with E-state index in [0.29, 0.717) is 0 Å². The van der Waals surface area contributed by atoms with E-state index in [1.165, 1.54) is 11.8 Å². The molecule has 1 unspecified atom stereocenters. The van der Waals surface area contributed by atoms with Gasteiger partial charge in [0.05, 0.1) is 11.8 Å². The van der Waals surface area contributed by atoms with Gasteiger partial charge in [0.15, 0.2) is 6.61 Å². The van der Waals surface area contributed by atoms with Crippen molar-refractivity contribution in [3.05, 3.63) is 78.4 Å². The largest absolute Gasteiger partial charge is 0.455 e. The Morgan fingerprint density at radius 1 is 0.964 bits per heavy atom. The summed E-state index contributed by atoms with van der Waals surface area (Å²) >= 11 is 1.41. The van der Waals surface area contributed by atoms with Gasteiger partial charge in [-0.3, -0.25) is 9.59 Å². The van der Waals surface area contributed by atoms with Crippen LogP contribution in [0.5, 0.6) is 0 Å². The van der Waals surface area contributed by atoms with E-state index in [0.717, 1.165) is 21.2 Å². The van der Waals surface area contributed by atoms with Crippen LogP contribution < -0.4 is 0 Å². The van der Waals surface area contributed by atoms with Gasteiger partial charge in [-0.2, -0.15) is 0 Å². The van der Waals surface area contributed by atoms with Crippen molar-refractivity contribution in [3.63, 3.8) is 0 Å². The lowest BCUT2D eigenvalue weighted by Gasteiger charge is -2.25. The Kier molecular flexibility index (Phi) is 6.71. The van der Waals surface area contributed by atoms with Gasteiger partial charge in [0.25, 0.3) is 5.91 Å². The second kappa shape index (κ2) is 9.42. The van der Waals surface area contributed by atoms with Crippen LogP contribution in [0.4, 0.5) is 0 Å². The molecule has 0 aromatic heterocycles. The first kappa shape index (κ1) is 20.0. The van der Waals surface area contributed by atoms with E-state index in [9.17, 15) is 9.59 Å². The number of nitrogens with zero attached hydrogens (tertiary/aromatic N) is 1. The highest BCUT2D eigenvalue weighted by atomic mass is 32.2. The standard InChI is InChI=1S/C23H23NO3S/c1-17(18-8-4-3-5-9-18)24(2)22(25)15-27-23(26)16-28-21-13-12-19-10-6-7-11-20(19)14-21/h3-14,17H,15-16H2,1-2H3. The fourth-order valence-electron chi connectivity index (χ4n) is 2.86. The van der Waals surface area contributed by atoms with Crippen LogP contribution in [0.15, 0.2) is 77.7 Å². The summed E-state index contributed by atoms with van der Waals surface area (Å²) in [6.45, 7) is 1.70. The van der Waals surface area contributed by atoms with Crippen LogP contribution in [0.3, 0.4) is 0 Å². The zero-order valence-corrected chi connectivity index (χ0v) is 16.8. The molecule has 0 N–H and O–H groups in total. The highest BCUT2D eigenvalue weighted by Gasteiger charge is 2.18. The van der Waals surface area contributed by atoms with Gasteiger partial charge < -0.3 is 9.64 Å². The molecule has 4 nitrogen and oxygen atoms in total. The Bertz CT molecular complexity index is 958. The summed E-state index contributed by atoms with van der Waals surface area (Å²) in [5.41, 5.74) is 1.04. The van der Waals surface area contributed by atoms with Crippen molar-refractivity contribution in [2.24, 2.45) is 0 Å². The molecule has 0 radical (unpaired) electrons. The van der Waals surface area contributed by atoms with E-state index in [1.54, 1.807) is 11.9 Å². The maximum atomic E-state index is 12.3. The fraction of sp³-hybridized carbons (Fsp3) is 0.217. The highest BCUT2D eigenvalue weighted by Crippen LogP contribution is 2.24. The zero-order valence-electron chi connectivity index (χ0n) is 16.0. The Balaban J connectivity index is 1.47. The van der Waals surface area contributed by atoms with Gasteiger partial charge in [0.1, 0.15) is 0 Å². The van der Waals surface area contributed by atoms with Crippen molar-refractivity contribution >= 4 is 34.4 Å². The Morgan fingerprint density at radius 3 is 2.39 bits per heavy atom. The number of hydrogen-bond donors (Lipinski definition) is 0. The molecule has 1 atom stereocenters. The fourth-order valence-corrected chi connectivity index (χ4v) is 3.60. The molecule has 0 heterocycles. The third-order valence-electron chi connectivity index (χ3n) is 4.69. The molecule has 0 spiro atoms.